The number of aromatic nitrogens is 2. The van der Waals surface area contributed by atoms with Gasteiger partial charge >= 0.3 is 6.18 Å². The zero-order valence-corrected chi connectivity index (χ0v) is 17.0. The molecule has 1 saturated heterocycles. The Hall–Kier alpha value is -3.16. The summed E-state index contributed by atoms with van der Waals surface area (Å²) in [6.07, 6.45) is -3.03. The minimum absolute atomic E-state index is 0.0339. The zero-order chi connectivity index (χ0) is 22.2. The number of hydrogen-bond acceptors (Lipinski definition) is 3. The van der Waals surface area contributed by atoms with Crippen molar-refractivity contribution in [2.45, 2.75) is 44.3 Å². The Kier molecular flexibility index (Phi) is 5.33. The molecule has 31 heavy (non-hydrogen) atoms. The van der Waals surface area contributed by atoms with Gasteiger partial charge in [-0.05, 0) is 43.9 Å². The molecule has 0 aliphatic carbocycles. The van der Waals surface area contributed by atoms with Crippen molar-refractivity contribution in [3.8, 4) is 0 Å². The number of likely N-dealkylation sites (tertiary alicyclic amines) is 1. The molecule has 1 amide bonds. The first kappa shape index (κ1) is 21.1. The molecule has 8 heteroatoms. The lowest BCUT2D eigenvalue weighted by Gasteiger charge is -2.36. The number of aromatic amines is 1. The first-order chi connectivity index (χ1) is 14.7. The lowest BCUT2D eigenvalue weighted by molar-refractivity contribution is -0.138. The van der Waals surface area contributed by atoms with Crippen molar-refractivity contribution in [1.82, 2.24) is 15.1 Å². The molecule has 1 aromatic heterocycles. The van der Waals surface area contributed by atoms with Gasteiger partial charge < -0.3 is 4.90 Å². The van der Waals surface area contributed by atoms with Crippen molar-refractivity contribution in [2.24, 2.45) is 0 Å². The second kappa shape index (κ2) is 7.83. The van der Waals surface area contributed by atoms with Crippen LogP contribution in [0.15, 0.2) is 53.3 Å². The van der Waals surface area contributed by atoms with E-state index in [0.717, 1.165) is 12.5 Å². The summed E-state index contributed by atoms with van der Waals surface area (Å²) < 4.78 is 40.4. The van der Waals surface area contributed by atoms with Crippen LogP contribution in [0.1, 0.15) is 36.6 Å². The Morgan fingerprint density at radius 3 is 2.55 bits per heavy atom. The highest BCUT2D eigenvalue weighted by molar-refractivity contribution is 5.88. The van der Waals surface area contributed by atoms with Crippen molar-refractivity contribution in [1.29, 1.82) is 0 Å². The van der Waals surface area contributed by atoms with Crippen LogP contribution in [0.2, 0.25) is 0 Å². The van der Waals surface area contributed by atoms with E-state index in [9.17, 15) is 22.8 Å². The van der Waals surface area contributed by atoms with Gasteiger partial charge in [0, 0.05) is 17.5 Å². The van der Waals surface area contributed by atoms with E-state index in [1.807, 2.05) is 6.92 Å². The topological polar surface area (TPSA) is 66.1 Å². The van der Waals surface area contributed by atoms with Crippen molar-refractivity contribution in [3.05, 3.63) is 75.7 Å². The van der Waals surface area contributed by atoms with E-state index in [2.05, 4.69) is 10.2 Å². The second-order valence-electron chi connectivity index (χ2n) is 8.20. The van der Waals surface area contributed by atoms with Gasteiger partial charge in [0.25, 0.3) is 5.56 Å². The van der Waals surface area contributed by atoms with Gasteiger partial charge in [-0.15, -0.1) is 0 Å². The molecule has 1 N–H and O–H groups in total. The van der Waals surface area contributed by atoms with Gasteiger partial charge in [0.05, 0.1) is 23.1 Å². The van der Waals surface area contributed by atoms with Gasteiger partial charge in [0.15, 0.2) is 0 Å². The highest BCUT2D eigenvalue weighted by Crippen LogP contribution is 2.38. The number of nitrogens with one attached hydrogen (secondary N) is 1. The van der Waals surface area contributed by atoms with Gasteiger partial charge in [-0.1, -0.05) is 36.4 Å². The number of nitrogens with zero attached hydrogens (tertiary/aromatic N) is 2. The first-order valence-electron chi connectivity index (χ1n) is 10.1. The number of carbonyl (C=O) groups is 1. The van der Waals surface area contributed by atoms with E-state index >= 15 is 0 Å². The predicted octanol–water partition coefficient (Wildman–Crippen LogP) is 4.11. The predicted molar refractivity (Wildman–Crippen MR) is 111 cm³/mol. The van der Waals surface area contributed by atoms with Crippen LogP contribution >= 0.6 is 0 Å². The normalized spacial score (nSPS) is 19.2. The van der Waals surface area contributed by atoms with Crippen LogP contribution < -0.4 is 5.56 Å². The van der Waals surface area contributed by atoms with Gasteiger partial charge in [0.2, 0.25) is 5.91 Å². The smallest absolute Gasteiger partial charge is 0.337 e. The minimum Gasteiger partial charge on any atom is -0.337 e. The fourth-order valence-electron chi connectivity index (χ4n) is 4.54. The Balaban J connectivity index is 1.61. The molecule has 0 spiro atoms. The maximum Gasteiger partial charge on any atom is 0.416 e. The fourth-order valence-corrected chi connectivity index (χ4v) is 4.54. The molecule has 0 saturated carbocycles. The van der Waals surface area contributed by atoms with Crippen LogP contribution in [0.3, 0.4) is 0 Å². The number of H-pyrrole nitrogens is 1. The molecule has 1 unspecified atom stereocenters. The summed E-state index contributed by atoms with van der Waals surface area (Å²) in [4.78, 5) is 26.9. The van der Waals surface area contributed by atoms with E-state index in [4.69, 9.17) is 0 Å². The number of fused-ring (bicyclic) bond motifs is 1. The summed E-state index contributed by atoms with van der Waals surface area (Å²) in [7, 11) is 0. The molecule has 3 aromatic rings. The summed E-state index contributed by atoms with van der Waals surface area (Å²) in [5.74, 6) is -0.214. The number of halogens is 3. The fraction of sp³-hybridized carbons (Fsp3) is 0.348. The molecule has 1 aliphatic heterocycles. The Morgan fingerprint density at radius 1 is 1.13 bits per heavy atom. The quantitative estimate of drug-likeness (QED) is 0.679. The van der Waals surface area contributed by atoms with Gasteiger partial charge in [-0.2, -0.15) is 18.3 Å². The maximum absolute atomic E-state index is 13.5. The molecule has 2 heterocycles. The standard InChI is InChI=1S/C23H22F3N3O2/c1-22(14-15-7-2-5-10-18(15)23(24,25)26)11-6-12-29(22)20(30)13-19-16-8-3-4-9-17(16)21(31)28-27-19/h2-5,7-10H,6,11-14H2,1H3,(H,28,31). The Bertz CT molecular complexity index is 1190. The molecule has 1 fully saturated rings. The SMILES string of the molecule is CC1(Cc2ccccc2C(F)(F)F)CCCN1C(=O)Cc1n[nH]c(=O)c2ccccc12. The van der Waals surface area contributed by atoms with Crippen molar-refractivity contribution in [3.63, 3.8) is 0 Å². The van der Waals surface area contributed by atoms with E-state index in [1.165, 1.54) is 12.1 Å². The third-order valence-electron chi connectivity index (χ3n) is 6.04. The summed E-state index contributed by atoms with van der Waals surface area (Å²) in [5.41, 5.74) is -1.09. The van der Waals surface area contributed by atoms with Crippen LogP contribution in [0.25, 0.3) is 10.8 Å². The maximum atomic E-state index is 13.5. The molecule has 1 atom stereocenters. The molecule has 1 aliphatic rings. The molecule has 162 valence electrons. The van der Waals surface area contributed by atoms with Gasteiger partial charge in [-0.3, -0.25) is 9.59 Å². The van der Waals surface area contributed by atoms with Gasteiger partial charge in [0.1, 0.15) is 0 Å². The zero-order valence-electron chi connectivity index (χ0n) is 17.0. The number of hydrogen-bond donors (Lipinski definition) is 1. The van der Waals surface area contributed by atoms with E-state index < -0.39 is 17.3 Å². The largest absolute Gasteiger partial charge is 0.416 e. The van der Waals surface area contributed by atoms with E-state index in [1.54, 1.807) is 35.2 Å². The van der Waals surface area contributed by atoms with Crippen molar-refractivity contribution in [2.75, 3.05) is 6.54 Å². The number of rotatable bonds is 4. The van der Waals surface area contributed by atoms with E-state index in [-0.39, 0.29) is 29.9 Å². The number of alkyl halides is 3. The average molecular weight is 429 g/mol. The molecular weight excluding hydrogens is 407 g/mol. The second-order valence-corrected chi connectivity index (χ2v) is 8.20. The van der Waals surface area contributed by atoms with Crippen LogP contribution in [-0.2, 0) is 23.8 Å². The third kappa shape index (κ3) is 4.06. The summed E-state index contributed by atoms with van der Waals surface area (Å²) in [6, 6.07) is 12.4. The monoisotopic (exact) mass is 429 g/mol. The highest BCUT2D eigenvalue weighted by atomic mass is 19.4. The Labute approximate surface area is 176 Å². The first-order valence-corrected chi connectivity index (χ1v) is 10.1. The van der Waals surface area contributed by atoms with Crippen LogP contribution in [0, 0.1) is 0 Å². The Morgan fingerprint density at radius 2 is 1.81 bits per heavy atom. The van der Waals surface area contributed by atoms with Gasteiger partial charge in [-0.25, -0.2) is 5.10 Å². The highest BCUT2D eigenvalue weighted by Gasteiger charge is 2.42. The van der Waals surface area contributed by atoms with E-state index in [0.29, 0.717) is 29.4 Å². The van der Waals surface area contributed by atoms with Crippen LogP contribution in [-0.4, -0.2) is 33.1 Å². The number of benzene rings is 2. The van der Waals surface area contributed by atoms with Crippen LogP contribution in [0.4, 0.5) is 13.2 Å². The molecular formula is C23H22F3N3O2. The minimum atomic E-state index is -4.45. The number of amides is 1. The molecule has 0 radical (unpaired) electrons. The summed E-state index contributed by atoms with van der Waals surface area (Å²) in [6.45, 7) is 2.31. The summed E-state index contributed by atoms with van der Waals surface area (Å²) >= 11 is 0. The van der Waals surface area contributed by atoms with Crippen LogP contribution in [0.5, 0.6) is 0 Å². The molecule has 5 nitrogen and oxygen atoms in total. The third-order valence-corrected chi connectivity index (χ3v) is 6.04. The lowest BCUT2D eigenvalue weighted by Crippen LogP contribution is -2.47. The molecule has 4 rings (SSSR count). The van der Waals surface area contributed by atoms with Crippen molar-refractivity contribution >= 4 is 16.7 Å². The molecule has 0 bridgehead atoms. The lowest BCUT2D eigenvalue weighted by atomic mass is 9.87. The average Bonchev–Trinajstić information content (AvgIpc) is 3.11. The van der Waals surface area contributed by atoms with Crippen molar-refractivity contribution < 1.29 is 18.0 Å². The molecule has 2 aromatic carbocycles. The number of carbonyl (C=O) groups excluding carboxylic acids is 1. The summed E-state index contributed by atoms with van der Waals surface area (Å²) in [5, 5.41) is 7.53.